The zero-order valence-electron chi connectivity index (χ0n) is 8.34. The number of aromatic nitrogens is 2. The first-order valence-electron chi connectivity index (χ1n) is 4.58. The molecule has 2 aromatic rings. The van der Waals surface area contributed by atoms with Gasteiger partial charge in [-0.1, -0.05) is 12.1 Å². The third-order valence-electron chi connectivity index (χ3n) is 1.89. The molecule has 0 amide bonds. The normalized spacial score (nSPS) is 9.93. The summed E-state index contributed by atoms with van der Waals surface area (Å²) in [4.78, 5) is 8.11. The second-order valence-electron chi connectivity index (χ2n) is 3.12. The van der Waals surface area contributed by atoms with Gasteiger partial charge in [0.1, 0.15) is 0 Å². The Balaban J connectivity index is 2.26. The summed E-state index contributed by atoms with van der Waals surface area (Å²) in [7, 11) is 0. The highest BCUT2D eigenvalue weighted by Crippen LogP contribution is 2.24. The highest BCUT2D eigenvalue weighted by Gasteiger charge is 2.02. The minimum atomic E-state index is 0.313. The van der Waals surface area contributed by atoms with Gasteiger partial charge in [0.15, 0.2) is 5.75 Å². The molecule has 0 radical (unpaired) electrons. The molecule has 0 unspecified atom stereocenters. The molecule has 2 rings (SSSR count). The van der Waals surface area contributed by atoms with Crippen LogP contribution >= 0.6 is 0 Å². The first kappa shape index (κ1) is 9.45. The van der Waals surface area contributed by atoms with E-state index in [0.29, 0.717) is 17.4 Å². The lowest BCUT2D eigenvalue weighted by atomic mass is 10.3. The minimum absolute atomic E-state index is 0.313. The molecular formula is C11H11N3O. The minimum Gasteiger partial charge on any atom is -0.422 e. The number of nitrogens with two attached hydrogens (primary N) is 1. The molecule has 0 aliphatic carbocycles. The summed E-state index contributed by atoms with van der Waals surface area (Å²) in [5, 5.41) is 0. The highest BCUT2D eigenvalue weighted by atomic mass is 16.5. The molecule has 0 saturated carbocycles. The molecule has 4 nitrogen and oxygen atoms in total. The molecule has 4 heteroatoms. The van der Waals surface area contributed by atoms with Crippen LogP contribution in [0.3, 0.4) is 0 Å². The molecule has 0 aliphatic rings. The van der Waals surface area contributed by atoms with Crippen LogP contribution in [0.1, 0.15) is 5.69 Å². The predicted octanol–water partition coefficient (Wildman–Crippen LogP) is 2.16. The SMILES string of the molecule is Cc1ccnc(Oc2ccccc2N)n1. The van der Waals surface area contributed by atoms with E-state index in [9.17, 15) is 0 Å². The first-order chi connectivity index (χ1) is 7.25. The van der Waals surface area contributed by atoms with Crippen molar-refractivity contribution in [2.24, 2.45) is 0 Å². The number of benzene rings is 1. The lowest BCUT2D eigenvalue weighted by Gasteiger charge is -2.05. The maximum absolute atomic E-state index is 5.73. The zero-order chi connectivity index (χ0) is 10.7. The molecule has 0 saturated heterocycles. The molecule has 15 heavy (non-hydrogen) atoms. The van der Waals surface area contributed by atoms with Crippen LogP contribution in [0.25, 0.3) is 0 Å². The molecule has 0 bridgehead atoms. The van der Waals surface area contributed by atoms with Crippen molar-refractivity contribution in [2.75, 3.05) is 5.73 Å². The van der Waals surface area contributed by atoms with Crippen LogP contribution in [0.2, 0.25) is 0 Å². The monoisotopic (exact) mass is 201 g/mol. The van der Waals surface area contributed by atoms with Gasteiger partial charge in [-0.05, 0) is 25.1 Å². The lowest BCUT2D eigenvalue weighted by molar-refractivity contribution is 0.442. The Morgan fingerprint density at radius 3 is 2.73 bits per heavy atom. The number of hydrogen-bond acceptors (Lipinski definition) is 4. The van der Waals surface area contributed by atoms with Gasteiger partial charge in [0, 0.05) is 11.9 Å². The summed E-state index contributed by atoms with van der Waals surface area (Å²) >= 11 is 0. The molecule has 2 N–H and O–H groups in total. The largest absolute Gasteiger partial charge is 0.422 e. The van der Waals surface area contributed by atoms with Crippen LogP contribution in [-0.4, -0.2) is 9.97 Å². The Kier molecular flexibility index (Phi) is 2.49. The number of rotatable bonds is 2. The second kappa shape index (κ2) is 3.96. The van der Waals surface area contributed by atoms with Crippen molar-refractivity contribution in [3.63, 3.8) is 0 Å². The van der Waals surface area contributed by atoms with Gasteiger partial charge >= 0.3 is 6.01 Å². The van der Waals surface area contributed by atoms with Gasteiger partial charge in [-0.3, -0.25) is 0 Å². The summed E-state index contributed by atoms with van der Waals surface area (Å²) in [6.45, 7) is 1.88. The van der Waals surface area contributed by atoms with Crippen molar-refractivity contribution in [1.82, 2.24) is 9.97 Å². The predicted molar refractivity (Wildman–Crippen MR) is 57.7 cm³/mol. The summed E-state index contributed by atoms with van der Waals surface area (Å²) in [6, 6.07) is 9.36. The number of aryl methyl sites for hydroxylation is 1. The van der Waals surface area contributed by atoms with E-state index in [1.807, 2.05) is 19.1 Å². The van der Waals surface area contributed by atoms with Crippen molar-refractivity contribution in [3.8, 4) is 11.8 Å². The fourth-order valence-electron chi connectivity index (χ4n) is 1.15. The number of anilines is 1. The molecule has 0 atom stereocenters. The lowest BCUT2D eigenvalue weighted by Crippen LogP contribution is -1.95. The van der Waals surface area contributed by atoms with E-state index in [4.69, 9.17) is 10.5 Å². The third-order valence-corrected chi connectivity index (χ3v) is 1.89. The topological polar surface area (TPSA) is 61.0 Å². The summed E-state index contributed by atoms with van der Waals surface area (Å²) in [6.07, 6.45) is 1.65. The molecule has 1 heterocycles. The smallest absolute Gasteiger partial charge is 0.322 e. The molecule has 0 spiro atoms. The van der Waals surface area contributed by atoms with Crippen LogP contribution in [0, 0.1) is 6.92 Å². The van der Waals surface area contributed by atoms with Crippen LogP contribution in [-0.2, 0) is 0 Å². The first-order valence-corrected chi connectivity index (χ1v) is 4.58. The van der Waals surface area contributed by atoms with Crippen molar-refractivity contribution < 1.29 is 4.74 Å². The van der Waals surface area contributed by atoms with Crippen molar-refractivity contribution >= 4 is 5.69 Å². The van der Waals surface area contributed by atoms with Crippen LogP contribution in [0.4, 0.5) is 5.69 Å². The van der Waals surface area contributed by atoms with E-state index in [2.05, 4.69) is 9.97 Å². The fraction of sp³-hybridized carbons (Fsp3) is 0.0909. The molecule has 0 fully saturated rings. The standard InChI is InChI=1S/C11H11N3O/c1-8-6-7-13-11(14-8)15-10-5-3-2-4-9(10)12/h2-7H,12H2,1H3. The Bertz CT molecular complexity index is 471. The molecule has 1 aromatic carbocycles. The van der Waals surface area contributed by atoms with Gasteiger partial charge in [-0.2, -0.15) is 0 Å². The van der Waals surface area contributed by atoms with Gasteiger partial charge in [0.25, 0.3) is 0 Å². The Hall–Kier alpha value is -2.10. The number of para-hydroxylation sites is 2. The van der Waals surface area contributed by atoms with Crippen LogP contribution in [0.15, 0.2) is 36.5 Å². The quantitative estimate of drug-likeness (QED) is 0.756. The molecule has 76 valence electrons. The van der Waals surface area contributed by atoms with Crippen molar-refractivity contribution in [3.05, 3.63) is 42.2 Å². The van der Waals surface area contributed by atoms with E-state index < -0.39 is 0 Å². The van der Waals surface area contributed by atoms with Crippen LogP contribution in [0.5, 0.6) is 11.8 Å². The Morgan fingerprint density at radius 1 is 1.20 bits per heavy atom. The molecular weight excluding hydrogens is 190 g/mol. The zero-order valence-corrected chi connectivity index (χ0v) is 8.34. The van der Waals surface area contributed by atoms with Crippen LogP contribution < -0.4 is 10.5 Å². The van der Waals surface area contributed by atoms with E-state index in [1.165, 1.54) is 0 Å². The van der Waals surface area contributed by atoms with E-state index in [-0.39, 0.29) is 0 Å². The fourth-order valence-corrected chi connectivity index (χ4v) is 1.15. The van der Waals surface area contributed by atoms with Crippen molar-refractivity contribution in [1.29, 1.82) is 0 Å². The Morgan fingerprint density at radius 2 is 2.00 bits per heavy atom. The Labute approximate surface area is 87.7 Å². The number of hydrogen-bond donors (Lipinski definition) is 1. The summed E-state index contributed by atoms with van der Waals surface area (Å²) in [5.74, 6) is 0.572. The van der Waals surface area contributed by atoms with Gasteiger partial charge in [-0.15, -0.1) is 0 Å². The number of nitrogens with zero attached hydrogens (tertiary/aromatic N) is 2. The second-order valence-corrected chi connectivity index (χ2v) is 3.12. The highest BCUT2D eigenvalue weighted by molar-refractivity contribution is 5.52. The third kappa shape index (κ3) is 2.22. The van der Waals surface area contributed by atoms with Gasteiger partial charge in [-0.25, -0.2) is 9.97 Å². The summed E-state index contributed by atoms with van der Waals surface area (Å²) < 4.78 is 5.44. The number of nitrogen functional groups attached to an aromatic ring is 1. The average Bonchev–Trinajstić information content (AvgIpc) is 2.22. The average molecular weight is 201 g/mol. The van der Waals surface area contributed by atoms with Gasteiger partial charge < -0.3 is 10.5 Å². The molecule has 1 aromatic heterocycles. The van der Waals surface area contributed by atoms with Gasteiger partial charge in [0.2, 0.25) is 0 Å². The van der Waals surface area contributed by atoms with E-state index in [0.717, 1.165) is 5.69 Å². The maximum Gasteiger partial charge on any atom is 0.322 e. The van der Waals surface area contributed by atoms with E-state index in [1.54, 1.807) is 24.4 Å². The van der Waals surface area contributed by atoms with E-state index >= 15 is 0 Å². The number of ether oxygens (including phenoxy) is 1. The van der Waals surface area contributed by atoms with Crippen molar-refractivity contribution in [2.45, 2.75) is 6.92 Å². The summed E-state index contributed by atoms with van der Waals surface area (Å²) in [5.41, 5.74) is 7.15. The maximum atomic E-state index is 5.73. The molecule has 0 aliphatic heterocycles. The van der Waals surface area contributed by atoms with Gasteiger partial charge in [0.05, 0.1) is 5.69 Å².